The molecule has 0 amide bonds. The Labute approximate surface area is 123 Å². The van der Waals surface area contributed by atoms with E-state index in [0.29, 0.717) is 0 Å². The van der Waals surface area contributed by atoms with Crippen LogP contribution in [0.3, 0.4) is 0 Å². The van der Waals surface area contributed by atoms with Crippen LogP contribution >= 0.6 is 11.3 Å². The van der Waals surface area contributed by atoms with Gasteiger partial charge < -0.3 is 14.8 Å². The summed E-state index contributed by atoms with van der Waals surface area (Å²) >= 11 is 1.60. The maximum Gasteiger partial charge on any atom is 0.148 e. The molecule has 0 saturated heterocycles. The molecule has 0 saturated carbocycles. The van der Waals surface area contributed by atoms with Gasteiger partial charge in [0.15, 0.2) is 0 Å². The second-order valence-electron chi connectivity index (χ2n) is 4.21. The van der Waals surface area contributed by atoms with Gasteiger partial charge in [0, 0.05) is 24.6 Å². The summed E-state index contributed by atoms with van der Waals surface area (Å²) in [7, 11) is 3.28. The summed E-state index contributed by atoms with van der Waals surface area (Å²) in [5.41, 5.74) is 0.966. The first-order chi connectivity index (χ1) is 9.76. The highest BCUT2D eigenvalue weighted by atomic mass is 32.1. The number of aromatic nitrogens is 2. The van der Waals surface area contributed by atoms with Crippen LogP contribution in [0, 0.1) is 0 Å². The predicted molar refractivity (Wildman–Crippen MR) is 80.7 cm³/mol. The molecule has 20 heavy (non-hydrogen) atoms. The Morgan fingerprint density at radius 1 is 1.10 bits per heavy atom. The van der Waals surface area contributed by atoms with Gasteiger partial charge >= 0.3 is 0 Å². The second kappa shape index (κ2) is 7.21. The number of ether oxygens (including phenoxy) is 2. The lowest BCUT2D eigenvalue weighted by Crippen LogP contribution is -2.15. The molecule has 0 atom stereocenters. The van der Waals surface area contributed by atoms with Crippen molar-refractivity contribution in [3.8, 4) is 22.1 Å². The smallest absolute Gasteiger partial charge is 0.148 e. The third-order valence-corrected chi connectivity index (χ3v) is 3.86. The predicted octanol–water partition coefficient (Wildman–Crippen LogP) is 2.37. The summed E-state index contributed by atoms with van der Waals surface area (Å²) in [6.45, 7) is 3.99. The summed E-state index contributed by atoms with van der Waals surface area (Å²) in [4.78, 5) is 0. The molecule has 0 fully saturated rings. The van der Waals surface area contributed by atoms with Crippen molar-refractivity contribution < 1.29 is 9.47 Å². The minimum absolute atomic E-state index is 0.753. The largest absolute Gasteiger partial charge is 0.497 e. The average molecular weight is 293 g/mol. The highest BCUT2D eigenvalue weighted by Crippen LogP contribution is 2.31. The van der Waals surface area contributed by atoms with Crippen molar-refractivity contribution in [3.63, 3.8) is 0 Å². The summed E-state index contributed by atoms with van der Waals surface area (Å²) in [5, 5.41) is 13.7. The van der Waals surface area contributed by atoms with E-state index in [1.807, 2.05) is 18.2 Å². The van der Waals surface area contributed by atoms with Crippen LogP contribution in [-0.2, 0) is 6.42 Å². The van der Waals surface area contributed by atoms with Crippen LogP contribution in [0.5, 0.6) is 11.5 Å². The average Bonchev–Trinajstić information content (AvgIpc) is 2.96. The molecule has 0 bridgehead atoms. The van der Waals surface area contributed by atoms with Crippen molar-refractivity contribution in [2.45, 2.75) is 13.3 Å². The van der Waals surface area contributed by atoms with Crippen LogP contribution in [0.25, 0.3) is 10.6 Å². The Morgan fingerprint density at radius 3 is 2.40 bits per heavy atom. The number of likely N-dealkylation sites (N-methyl/N-ethyl adjacent to an activating group) is 1. The Morgan fingerprint density at radius 2 is 1.80 bits per heavy atom. The number of rotatable bonds is 7. The normalized spacial score (nSPS) is 10.6. The monoisotopic (exact) mass is 293 g/mol. The summed E-state index contributed by atoms with van der Waals surface area (Å²) in [6, 6.07) is 5.73. The minimum atomic E-state index is 0.753. The summed E-state index contributed by atoms with van der Waals surface area (Å²) < 4.78 is 10.5. The number of nitrogens with one attached hydrogen (secondary N) is 1. The molecular weight excluding hydrogens is 274 g/mol. The van der Waals surface area contributed by atoms with Crippen LogP contribution in [0.15, 0.2) is 18.2 Å². The number of hydrogen-bond donors (Lipinski definition) is 1. The number of hydrogen-bond acceptors (Lipinski definition) is 6. The van der Waals surface area contributed by atoms with Gasteiger partial charge in [-0.05, 0) is 18.7 Å². The first-order valence-corrected chi connectivity index (χ1v) is 7.35. The molecule has 2 rings (SSSR count). The Bertz CT molecular complexity index is 535. The maximum atomic E-state index is 5.27. The van der Waals surface area contributed by atoms with Crippen molar-refractivity contribution >= 4 is 11.3 Å². The van der Waals surface area contributed by atoms with E-state index >= 15 is 0 Å². The van der Waals surface area contributed by atoms with Crippen molar-refractivity contribution in [1.82, 2.24) is 15.5 Å². The SMILES string of the molecule is CCNCCc1nnc(-c2cc(OC)cc(OC)c2)s1. The Kier molecular flexibility index (Phi) is 5.31. The molecule has 5 nitrogen and oxygen atoms in total. The van der Waals surface area contributed by atoms with E-state index in [0.717, 1.165) is 46.6 Å². The lowest BCUT2D eigenvalue weighted by molar-refractivity contribution is 0.394. The van der Waals surface area contributed by atoms with Crippen LogP contribution < -0.4 is 14.8 Å². The molecule has 0 aliphatic rings. The quantitative estimate of drug-likeness (QED) is 0.794. The van der Waals surface area contributed by atoms with E-state index in [2.05, 4.69) is 22.4 Å². The standard InChI is InChI=1S/C14H19N3O2S/c1-4-15-6-5-13-16-17-14(20-13)10-7-11(18-2)9-12(8-10)19-3/h7-9,15H,4-6H2,1-3H3. The molecular formula is C14H19N3O2S. The van der Waals surface area contributed by atoms with E-state index in [9.17, 15) is 0 Å². The van der Waals surface area contributed by atoms with Gasteiger partial charge in [-0.1, -0.05) is 18.3 Å². The molecule has 0 spiro atoms. The molecule has 1 N–H and O–H groups in total. The van der Waals surface area contributed by atoms with Gasteiger partial charge in [0.25, 0.3) is 0 Å². The van der Waals surface area contributed by atoms with Gasteiger partial charge in [-0.15, -0.1) is 10.2 Å². The van der Waals surface area contributed by atoms with Gasteiger partial charge in [0.1, 0.15) is 21.5 Å². The molecule has 2 aromatic rings. The highest BCUT2D eigenvalue weighted by Gasteiger charge is 2.09. The fraction of sp³-hybridized carbons (Fsp3) is 0.429. The summed E-state index contributed by atoms with van der Waals surface area (Å²) in [5.74, 6) is 1.51. The lowest BCUT2D eigenvalue weighted by Gasteiger charge is -2.06. The van der Waals surface area contributed by atoms with Crippen LogP contribution in [0.2, 0.25) is 0 Å². The van der Waals surface area contributed by atoms with Gasteiger partial charge in [-0.3, -0.25) is 0 Å². The first-order valence-electron chi connectivity index (χ1n) is 6.53. The molecule has 0 aliphatic heterocycles. The molecule has 6 heteroatoms. The van der Waals surface area contributed by atoms with Crippen molar-refractivity contribution in [3.05, 3.63) is 23.2 Å². The molecule has 1 aromatic heterocycles. The molecule has 0 aliphatic carbocycles. The Hall–Kier alpha value is -1.66. The van der Waals surface area contributed by atoms with Gasteiger partial charge in [-0.2, -0.15) is 0 Å². The first kappa shape index (κ1) is 14.7. The minimum Gasteiger partial charge on any atom is -0.497 e. The topological polar surface area (TPSA) is 56.3 Å². The van der Waals surface area contributed by atoms with Gasteiger partial charge in [0.05, 0.1) is 14.2 Å². The zero-order valence-electron chi connectivity index (χ0n) is 12.0. The second-order valence-corrected chi connectivity index (χ2v) is 5.27. The van der Waals surface area contributed by atoms with E-state index in [4.69, 9.17) is 9.47 Å². The maximum absolute atomic E-state index is 5.27. The van der Waals surface area contributed by atoms with Crippen molar-refractivity contribution in [2.24, 2.45) is 0 Å². The van der Waals surface area contributed by atoms with Crippen LogP contribution in [-0.4, -0.2) is 37.5 Å². The molecule has 1 heterocycles. The summed E-state index contributed by atoms with van der Waals surface area (Å²) in [6.07, 6.45) is 0.895. The lowest BCUT2D eigenvalue weighted by atomic mass is 10.2. The molecule has 0 unspecified atom stereocenters. The highest BCUT2D eigenvalue weighted by molar-refractivity contribution is 7.14. The number of benzene rings is 1. The van der Waals surface area contributed by atoms with Crippen molar-refractivity contribution in [1.29, 1.82) is 0 Å². The van der Waals surface area contributed by atoms with Crippen LogP contribution in [0.1, 0.15) is 11.9 Å². The van der Waals surface area contributed by atoms with E-state index in [1.165, 1.54) is 0 Å². The zero-order chi connectivity index (χ0) is 14.4. The molecule has 1 aromatic carbocycles. The van der Waals surface area contributed by atoms with Gasteiger partial charge in [-0.25, -0.2) is 0 Å². The van der Waals surface area contributed by atoms with Gasteiger partial charge in [0.2, 0.25) is 0 Å². The number of methoxy groups -OCH3 is 2. The number of nitrogens with zero attached hydrogens (tertiary/aromatic N) is 2. The third kappa shape index (κ3) is 3.68. The molecule has 108 valence electrons. The van der Waals surface area contributed by atoms with Crippen LogP contribution in [0.4, 0.5) is 0 Å². The van der Waals surface area contributed by atoms with E-state index < -0.39 is 0 Å². The third-order valence-electron chi connectivity index (χ3n) is 2.83. The van der Waals surface area contributed by atoms with E-state index in [1.54, 1.807) is 25.6 Å². The zero-order valence-corrected chi connectivity index (χ0v) is 12.8. The van der Waals surface area contributed by atoms with Crippen molar-refractivity contribution in [2.75, 3.05) is 27.3 Å². The molecule has 0 radical (unpaired) electrons. The fourth-order valence-corrected chi connectivity index (χ4v) is 2.60. The van der Waals surface area contributed by atoms with E-state index in [-0.39, 0.29) is 0 Å². The Balaban J connectivity index is 2.18. The fourth-order valence-electron chi connectivity index (χ4n) is 1.77.